The lowest BCUT2D eigenvalue weighted by atomic mass is 10.1. The van der Waals surface area contributed by atoms with Gasteiger partial charge in [-0.05, 0) is 40.2 Å². The van der Waals surface area contributed by atoms with Crippen molar-refractivity contribution in [1.29, 1.82) is 0 Å². The van der Waals surface area contributed by atoms with Crippen molar-refractivity contribution in [1.82, 2.24) is 4.90 Å². The topological polar surface area (TPSA) is 79.2 Å². The number of rotatable bonds is 4. The largest absolute Gasteiger partial charge is 0.416 e. The third-order valence-corrected chi connectivity index (χ3v) is 6.62. The number of amides is 1. The van der Waals surface area contributed by atoms with Gasteiger partial charge in [0.25, 0.3) is 11.6 Å². The van der Waals surface area contributed by atoms with Crippen LogP contribution in [0.15, 0.2) is 40.9 Å². The maximum atomic E-state index is 13.4. The molecule has 0 unspecified atom stereocenters. The summed E-state index contributed by atoms with van der Waals surface area (Å²) in [4.78, 5) is 29.5. The first-order chi connectivity index (χ1) is 16.1. The van der Waals surface area contributed by atoms with Gasteiger partial charge in [-0.3, -0.25) is 14.9 Å². The molecule has 2 aromatic rings. The van der Waals surface area contributed by atoms with Gasteiger partial charge in [0.2, 0.25) is 0 Å². The van der Waals surface area contributed by atoms with Crippen LogP contribution in [0.4, 0.5) is 30.2 Å². The number of carbonyl (C=O) groups is 1. The molecule has 4 rings (SSSR count). The average molecular weight is 543 g/mol. The number of nitro groups is 1. The molecule has 2 aliphatic heterocycles. The van der Waals surface area contributed by atoms with Gasteiger partial charge in [0, 0.05) is 55.9 Å². The minimum atomic E-state index is -4.45. The number of ether oxygens (including phenoxy) is 1. The molecule has 34 heavy (non-hydrogen) atoms. The number of hydrogen-bond acceptors (Lipinski definition) is 6. The first-order valence-electron chi connectivity index (χ1n) is 10.7. The highest BCUT2D eigenvalue weighted by molar-refractivity contribution is 9.10. The number of nitro benzene ring substituents is 1. The van der Waals surface area contributed by atoms with Crippen molar-refractivity contribution in [3.63, 3.8) is 0 Å². The Balaban J connectivity index is 1.54. The van der Waals surface area contributed by atoms with Crippen LogP contribution >= 0.6 is 15.9 Å². The Morgan fingerprint density at radius 1 is 0.941 bits per heavy atom. The second-order valence-electron chi connectivity index (χ2n) is 8.00. The predicted molar refractivity (Wildman–Crippen MR) is 123 cm³/mol. The summed E-state index contributed by atoms with van der Waals surface area (Å²) < 4.78 is 45.4. The van der Waals surface area contributed by atoms with E-state index in [0.29, 0.717) is 55.2 Å². The molecule has 2 heterocycles. The van der Waals surface area contributed by atoms with Crippen molar-refractivity contribution >= 4 is 38.9 Å². The van der Waals surface area contributed by atoms with Crippen molar-refractivity contribution in [2.45, 2.75) is 6.18 Å². The van der Waals surface area contributed by atoms with E-state index in [1.807, 2.05) is 4.90 Å². The molecule has 0 radical (unpaired) electrons. The third kappa shape index (κ3) is 5.12. The number of halogens is 4. The molecule has 0 bridgehead atoms. The Kier molecular flexibility index (Phi) is 6.99. The molecule has 0 atom stereocenters. The third-order valence-electron chi connectivity index (χ3n) is 5.95. The molecular weight excluding hydrogens is 521 g/mol. The summed E-state index contributed by atoms with van der Waals surface area (Å²) in [6.45, 7) is 3.32. The zero-order valence-corrected chi connectivity index (χ0v) is 19.6. The van der Waals surface area contributed by atoms with Gasteiger partial charge in [0.1, 0.15) is 0 Å². The van der Waals surface area contributed by atoms with Crippen LogP contribution in [-0.4, -0.2) is 68.2 Å². The van der Waals surface area contributed by atoms with Crippen molar-refractivity contribution in [2.75, 3.05) is 62.3 Å². The average Bonchev–Trinajstić information content (AvgIpc) is 2.83. The van der Waals surface area contributed by atoms with Gasteiger partial charge in [-0.1, -0.05) is 0 Å². The predicted octanol–water partition coefficient (Wildman–Crippen LogP) is 4.18. The van der Waals surface area contributed by atoms with Gasteiger partial charge < -0.3 is 19.4 Å². The van der Waals surface area contributed by atoms with Gasteiger partial charge >= 0.3 is 6.18 Å². The standard InChI is InChI=1S/C22H22BrF3N4O4/c23-18-3-1-15(22(24,25)26)13-20(18)27-5-7-29(8-6-27)21(31)17-14-16(30(32)33)2-4-19(17)28-9-11-34-12-10-28/h1-4,13-14H,5-12H2. The van der Waals surface area contributed by atoms with Crippen LogP contribution in [0.2, 0.25) is 0 Å². The number of benzene rings is 2. The second kappa shape index (κ2) is 9.79. The van der Waals surface area contributed by atoms with Gasteiger partial charge in [-0.2, -0.15) is 13.2 Å². The first kappa shape index (κ1) is 24.3. The van der Waals surface area contributed by atoms with E-state index in [9.17, 15) is 28.1 Å². The van der Waals surface area contributed by atoms with E-state index in [2.05, 4.69) is 15.9 Å². The molecule has 1 amide bonds. The smallest absolute Gasteiger partial charge is 0.378 e. The number of anilines is 2. The summed E-state index contributed by atoms with van der Waals surface area (Å²) in [7, 11) is 0. The maximum absolute atomic E-state index is 13.4. The number of nitrogens with zero attached hydrogens (tertiary/aromatic N) is 4. The molecule has 0 aliphatic carbocycles. The summed E-state index contributed by atoms with van der Waals surface area (Å²) in [6.07, 6.45) is -4.45. The molecule has 0 spiro atoms. The number of piperazine rings is 1. The van der Waals surface area contributed by atoms with Crippen molar-refractivity contribution in [3.8, 4) is 0 Å². The zero-order valence-electron chi connectivity index (χ0n) is 18.1. The van der Waals surface area contributed by atoms with E-state index in [-0.39, 0.29) is 30.2 Å². The van der Waals surface area contributed by atoms with Crippen molar-refractivity contribution < 1.29 is 27.6 Å². The van der Waals surface area contributed by atoms with Crippen LogP contribution < -0.4 is 9.80 Å². The number of carbonyl (C=O) groups excluding carboxylic acids is 1. The summed E-state index contributed by atoms with van der Waals surface area (Å²) in [5.41, 5.74) is 0.348. The van der Waals surface area contributed by atoms with Crippen molar-refractivity contribution in [2.24, 2.45) is 0 Å². The maximum Gasteiger partial charge on any atom is 0.416 e. The van der Waals surface area contributed by atoms with E-state index in [1.165, 1.54) is 18.2 Å². The fraction of sp³-hybridized carbons (Fsp3) is 0.409. The van der Waals surface area contributed by atoms with E-state index >= 15 is 0 Å². The fourth-order valence-corrected chi connectivity index (χ4v) is 4.64. The Bertz CT molecular complexity index is 1080. The van der Waals surface area contributed by atoms with Crippen LogP contribution in [0.25, 0.3) is 0 Å². The summed E-state index contributed by atoms with van der Waals surface area (Å²) in [5, 5.41) is 11.3. The molecule has 12 heteroatoms. The summed E-state index contributed by atoms with van der Waals surface area (Å²) >= 11 is 3.32. The number of morpholine rings is 1. The quantitative estimate of drug-likeness (QED) is 0.426. The molecule has 0 aromatic heterocycles. The van der Waals surface area contributed by atoms with E-state index in [0.717, 1.165) is 12.1 Å². The molecule has 182 valence electrons. The molecule has 2 aromatic carbocycles. The Morgan fingerprint density at radius 2 is 1.59 bits per heavy atom. The summed E-state index contributed by atoms with van der Waals surface area (Å²) in [5.74, 6) is -0.340. The molecule has 8 nitrogen and oxygen atoms in total. The number of non-ortho nitro benzene ring substituents is 1. The lowest BCUT2D eigenvalue weighted by molar-refractivity contribution is -0.384. The van der Waals surface area contributed by atoms with Crippen LogP contribution in [0.1, 0.15) is 15.9 Å². The Morgan fingerprint density at radius 3 is 2.21 bits per heavy atom. The van der Waals surface area contributed by atoms with Crippen molar-refractivity contribution in [3.05, 3.63) is 62.1 Å². The highest BCUT2D eigenvalue weighted by Crippen LogP contribution is 2.36. The van der Waals surface area contributed by atoms with Gasteiger partial charge in [-0.15, -0.1) is 0 Å². The van der Waals surface area contributed by atoms with E-state index in [1.54, 1.807) is 15.9 Å². The van der Waals surface area contributed by atoms with Crippen LogP contribution in [0, 0.1) is 10.1 Å². The van der Waals surface area contributed by atoms with Gasteiger partial charge in [0.05, 0.1) is 40.6 Å². The molecule has 0 saturated carbocycles. The van der Waals surface area contributed by atoms with Crippen LogP contribution in [0.5, 0.6) is 0 Å². The highest BCUT2D eigenvalue weighted by Gasteiger charge is 2.33. The van der Waals surface area contributed by atoms with Gasteiger partial charge in [0.15, 0.2) is 0 Å². The second-order valence-corrected chi connectivity index (χ2v) is 8.86. The molecule has 2 saturated heterocycles. The zero-order chi connectivity index (χ0) is 24.5. The lowest BCUT2D eigenvalue weighted by Gasteiger charge is -2.37. The molecule has 2 aliphatic rings. The summed E-state index contributed by atoms with van der Waals surface area (Å²) in [6, 6.07) is 7.75. The van der Waals surface area contributed by atoms with Gasteiger partial charge in [-0.25, -0.2) is 0 Å². The van der Waals surface area contributed by atoms with E-state index in [4.69, 9.17) is 4.74 Å². The molecular formula is C22H22BrF3N4O4. The lowest BCUT2D eigenvalue weighted by Crippen LogP contribution is -2.49. The SMILES string of the molecule is O=C(c1cc([N+](=O)[O-])ccc1N1CCOCC1)N1CCN(c2cc(C(F)(F)F)ccc2Br)CC1. The number of alkyl halides is 3. The first-order valence-corrected chi connectivity index (χ1v) is 11.5. The highest BCUT2D eigenvalue weighted by atomic mass is 79.9. The monoisotopic (exact) mass is 542 g/mol. The minimum absolute atomic E-state index is 0.174. The molecule has 2 fully saturated rings. The Labute approximate surface area is 202 Å². The number of hydrogen-bond donors (Lipinski definition) is 0. The van der Waals surface area contributed by atoms with Crippen LogP contribution in [0.3, 0.4) is 0 Å². The van der Waals surface area contributed by atoms with E-state index < -0.39 is 16.7 Å². The fourth-order valence-electron chi connectivity index (χ4n) is 4.14. The Hall–Kier alpha value is -2.86. The normalized spacial score (nSPS) is 17.1. The minimum Gasteiger partial charge on any atom is -0.378 e. The van der Waals surface area contributed by atoms with Crippen LogP contribution in [-0.2, 0) is 10.9 Å². The molecule has 0 N–H and O–H groups in total.